The molecule has 2 aromatic rings. The summed E-state index contributed by atoms with van der Waals surface area (Å²) in [6.07, 6.45) is -2.20. The van der Waals surface area contributed by atoms with Crippen LogP contribution in [0, 0.1) is 0 Å². The lowest BCUT2D eigenvalue weighted by atomic mass is 10.1. The van der Waals surface area contributed by atoms with Gasteiger partial charge >= 0.3 is 24.1 Å². The van der Waals surface area contributed by atoms with Gasteiger partial charge in [0.1, 0.15) is 25.3 Å². The van der Waals surface area contributed by atoms with Gasteiger partial charge in [0.05, 0.1) is 0 Å². The molecule has 0 radical (unpaired) electrons. The minimum Gasteiger partial charge on any atom is -0.480 e. The Morgan fingerprint density at radius 1 is 0.609 bits per heavy atom. The second kappa shape index (κ2) is 22.1. The van der Waals surface area contributed by atoms with Crippen LogP contribution in [0.2, 0.25) is 0 Å². The lowest BCUT2D eigenvalue weighted by molar-refractivity contribution is -0.140. The second-order valence-corrected chi connectivity index (χ2v) is 12.3. The molecule has 0 heterocycles. The van der Waals surface area contributed by atoms with Crippen molar-refractivity contribution in [3.05, 3.63) is 71.8 Å². The van der Waals surface area contributed by atoms with E-state index in [0.29, 0.717) is 24.6 Å². The summed E-state index contributed by atoms with van der Waals surface area (Å²) in [5.41, 5.74) is 1.50. The van der Waals surface area contributed by atoms with Crippen molar-refractivity contribution >= 4 is 57.5 Å². The molecule has 250 valence electrons. The summed E-state index contributed by atoms with van der Waals surface area (Å²) in [6, 6.07) is 15.3. The van der Waals surface area contributed by atoms with Gasteiger partial charge in [-0.25, -0.2) is 19.2 Å². The van der Waals surface area contributed by atoms with Gasteiger partial charge in [0.25, 0.3) is 0 Å². The molecule has 0 bridgehead atoms. The van der Waals surface area contributed by atoms with E-state index in [1.165, 1.54) is 21.6 Å². The highest BCUT2D eigenvalue weighted by Gasteiger charge is 2.23. The Hall–Kier alpha value is -4.44. The predicted octanol–water partition coefficient (Wildman–Crippen LogP) is 2.92. The maximum atomic E-state index is 12.1. The Labute approximate surface area is 274 Å². The molecule has 2 atom stereocenters. The summed E-state index contributed by atoms with van der Waals surface area (Å²) < 4.78 is 10.1. The monoisotopic (exact) mass is 678 g/mol. The molecule has 4 amide bonds. The fourth-order valence-electron chi connectivity index (χ4n) is 3.64. The standard InChI is InChI=1S/C30H38N4O10S2/c35-25(13-11-23(27(37)38)33-29(41)43-19-21-7-3-1-4-8-21)31-15-17-45-46-18-16-32-26(36)14-12-24(28(39)40)34-30(42)44-20-22-9-5-2-6-10-22/h1-10,23-24H,11-20H2,(H,31,35)(H,32,36)(H,33,41)(H,34,42)(H,37,38)(H,39,40)/t23-,24-/m0/s1. The van der Waals surface area contributed by atoms with Crippen LogP contribution in [0.15, 0.2) is 60.7 Å². The number of alkyl carbamates (subject to hydrolysis) is 2. The first-order valence-electron chi connectivity index (χ1n) is 14.3. The zero-order valence-electron chi connectivity index (χ0n) is 25.0. The fourth-order valence-corrected chi connectivity index (χ4v) is 5.45. The summed E-state index contributed by atoms with van der Waals surface area (Å²) in [5, 5.41) is 28.6. The molecule has 14 nitrogen and oxygen atoms in total. The minimum absolute atomic E-state index is 0.0119. The molecular weight excluding hydrogens is 640 g/mol. The number of benzene rings is 2. The lowest BCUT2D eigenvalue weighted by Crippen LogP contribution is -2.42. The average molecular weight is 679 g/mol. The molecule has 0 aromatic heterocycles. The van der Waals surface area contributed by atoms with Gasteiger partial charge in [0.15, 0.2) is 0 Å². The van der Waals surface area contributed by atoms with Gasteiger partial charge in [-0.2, -0.15) is 0 Å². The van der Waals surface area contributed by atoms with Crippen molar-refractivity contribution in [2.24, 2.45) is 0 Å². The van der Waals surface area contributed by atoms with Crippen LogP contribution in [-0.2, 0) is 41.9 Å². The first kappa shape index (κ1) is 37.7. The van der Waals surface area contributed by atoms with E-state index in [0.717, 1.165) is 11.1 Å². The lowest BCUT2D eigenvalue weighted by Gasteiger charge is -2.14. The molecule has 0 aliphatic heterocycles. The van der Waals surface area contributed by atoms with Crippen molar-refractivity contribution in [2.45, 2.75) is 51.0 Å². The Balaban J connectivity index is 1.50. The number of aliphatic carboxylic acids is 2. The summed E-state index contributed by atoms with van der Waals surface area (Å²) >= 11 is 0. The van der Waals surface area contributed by atoms with Crippen LogP contribution < -0.4 is 21.3 Å². The number of carbonyl (C=O) groups excluding carboxylic acids is 4. The van der Waals surface area contributed by atoms with Gasteiger partial charge in [0.2, 0.25) is 11.8 Å². The van der Waals surface area contributed by atoms with Gasteiger partial charge in [0, 0.05) is 37.4 Å². The molecule has 0 unspecified atom stereocenters. The largest absolute Gasteiger partial charge is 0.480 e. The predicted molar refractivity (Wildman–Crippen MR) is 172 cm³/mol. The maximum absolute atomic E-state index is 12.1. The number of carboxylic acids is 2. The first-order valence-corrected chi connectivity index (χ1v) is 16.8. The van der Waals surface area contributed by atoms with Gasteiger partial charge < -0.3 is 41.0 Å². The number of hydrogen-bond acceptors (Lipinski definition) is 10. The first-order chi connectivity index (χ1) is 22.1. The molecular formula is C30H38N4O10S2. The van der Waals surface area contributed by atoms with Crippen molar-refractivity contribution in [1.82, 2.24) is 21.3 Å². The maximum Gasteiger partial charge on any atom is 0.408 e. The third-order valence-electron chi connectivity index (χ3n) is 6.02. The zero-order chi connectivity index (χ0) is 33.6. The summed E-state index contributed by atoms with van der Waals surface area (Å²) in [4.78, 5) is 71.0. The Morgan fingerprint density at radius 3 is 1.33 bits per heavy atom. The Bertz CT molecular complexity index is 1170. The van der Waals surface area contributed by atoms with Crippen LogP contribution in [0.3, 0.4) is 0 Å². The molecule has 0 fully saturated rings. The average Bonchev–Trinajstić information content (AvgIpc) is 3.04. The molecule has 0 saturated heterocycles. The van der Waals surface area contributed by atoms with E-state index in [1.807, 2.05) is 12.1 Å². The minimum atomic E-state index is -1.28. The smallest absolute Gasteiger partial charge is 0.408 e. The third kappa shape index (κ3) is 17.2. The summed E-state index contributed by atoms with van der Waals surface area (Å²) in [6.45, 7) is 0.652. The molecule has 0 aliphatic carbocycles. The van der Waals surface area contributed by atoms with E-state index in [-0.39, 0.29) is 50.7 Å². The highest BCUT2D eigenvalue weighted by atomic mass is 33.1. The van der Waals surface area contributed by atoms with Crippen LogP contribution >= 0.6 is 21.6 Å². The van der Waals surface area contributed by atoms with Crippen molar-refractivity contribution in [3.8, 4) is 0 Å². The quantitative estimate of drug-likeness (QED) is 0.0832. The molecule has 16 heteroatoms. The number of hydrogen-bond donors (Lipinski definition) is 6. The molecule has 6 N–H and O–H groups in total. The van der Waals surface area contributed by atoms with Crippen LogP contribution in [0.4, 0.5) is 9.59 Å². The van der Waals surface area contributed by atoms with Crippen molar-refractivity contribution in [1.29, 1.82) is 0 Å². The molecule has 2 aromatic carbocycles. The van der Waals surface area contributed by atoms with E-state index >= 15 is 0 Å². The van der Waals surface area contributed by atoms with Crippen LogP contribution in [0.5, 0.6) is 0 Å². The third-order valence-corrected chi connectivity index (χ3v) is 8.43. The fraction of sp³-hybridized carbons (Fsp3) is 0.400. The summed E-state index contributed by atoms with van der Waals surface area (Å²) in [5.74, 6) is -2.15. The Kier molecular flexibility index (Phi) is 18.2. The topological polar surface area (TPSA) is 209 Å². The van der Waals surface area contributed by atoms with E-state index in [9.17, 15) is 39.0 Å². The number of carboxylic acid groups (broad SMARTS) is 2. The van der Waals surface area contributed by atoms with Crippen LogP contribution in [0.25, 0.3) is 0 Å². The van der Waals surface area contributed by atoms with E-state index in [2.05, 4.69) is 21.3 Å². The molecule has 0 spiro atoms. The van der Waals surface area contributed by atoms with Gasteiger partial charge in [-0.1, -0.05) is 82.3 Å². The number of carbonyl (C=O) groups is 6. The zero-order valence-corrected chi connectivity index (χ0v) is 26.6. The van der Waals surface area contributed by atoms with E-state index in [1.54, 1.807) is 48.5 Å². The van der Waals surface area contributed by atoms with Crippen LogP contribution in [-0.4, -0.2) is 82.8 Å². The Morgan fingerprint density at radius 2 is 0.978 bits per heavy atom. The van der Waals surface area contributed by atoms with Gasteiger partial charge in [-0.15, -0.1) is 0 Å². The van der Waals surface area contributed by atoms with Crippen LogP contribution in [0.1, 0.15) is 36.8 Å². The highest BCUT2D eigenvalue weighted by Crippen LogP contribution is 2.19. The number of ether oxygens (including phenoxy) is 2. The number of amides is 4. The molecule has 46 heavy (non-hydrogen) atoms. The summed E-state index contributed by atoms with van der Waals surface area (Å²) in [7, 11) is 2.93. The van der Waals surface area contributed by atoms with Crippen molar-refractivity contribution in [3.63, 3.8) is 0 Å². The van der Waals surface area contributed by atoms with Gasteiger partial charge in [-0.3, -0.25) is 9.59 Å². The van der Waals surface area contributed by atoms with E-state index < -0.39 is 36.2 Å². The number of nitrogens with one attached hydrogen (secondary N) is 4. The second-order valence-electron chi connectivity index (χ2n) is 9.61. The highest BCUT2D eigenvalue weighted by molar-refractivity contribution is 8.76. The van der Waals surface area contributed by atoms with Crippen molar-refractivity contribution in [2.75, 3.05) is 24.6 Å². The normalized spacial score (nSPS) is 11.7. The van der Waals surface area contributed by atoms with E-state index in [4.69, 9.17) is 9.47 Å². The van der Waals surface area contributed by atoms with Gasteiger partial charge in [-0.05, 0) is 24.0 Å². The number of rotatable bonds is 21. The van der Waals surface area contributed by atoms with Crippen molar-refractivity contribution < 1.29 is 48.5 Å². The SMILES string of the molecule is O=C(CC[C@H](NC(=O)OCc1ccccc1)C(=O)O)NCCSSCCNC(=O)CC[C@H](NC(=O)OCc1ccccc1)C(=O)O. The molecule has 0 aliphatic rings. The molecule has 0 saturated carbocycles. The molecule has 2 rings (SSSR count).